The summed E-state index contributed by atoms with van der Waals surface area (Å²) in [5, 5.41) is 2.22. The van der Waals surface area contributed by atoms with Gasteiger partial charge in [-0.15, -0.1) is 53.6 Å². The topological polar surface area (TPSA) is 33.5 Å². The van der Waals surface area contributed by atoms with Gasteiger partial charge in [-0.05, 0) is 97.5 Å². The molecular weight excluding hydrogens is 1020 g/mol. The van der Waals surface area contributed by atoms with E-state index in [1.807, 2.05) is 12.3 Å². The second-order valence-corrected chi connectivity index (χ2v) is 22.0. The molecule has 1 aliphatic rings. The number of ether oxygens (including phenoxy) is 1. The van der Waals surface area contributed by atoms with Crippen LogP contribution in [0.25, 0.3) is 38.8 Å². The van der Waals surface area contributed by atoms with Crippen molar-refractivity contribution in [2.45, 2.75) is 97.8 Å². The molecule has 7 aromatic carbocycles. The van der Waals surface area contributed by atoms with Crippen molar-refractivity contribution in [3.05, 3.63) is 211 Å². The summed E-state index contributed by atoms with van der Waals surface area (Å²) in [6, 6.07) is 64.2. The Morgan fingerprint density at radius 1 is 0.478 bits per heavy atom. The first kappa shape index (κ1) is 47.6. The van der Waals surface area contributed by atoms with E-state index in [1.54, 1.807) is 0 Å². The molecule has 0 atom stereocenters. The van der Waals surface area contributed by atoms with E-state index in [9.17, 15) is 0 Å². The van der Waals surface area contributed by atoms with Crippen LogP contribution in [0.3, 0.4) is 0 Å². The number of benzene rings is 7. The standard InChI is InChI=1S/C63H61N4O.Pt/c1-60(2,3)45-26-29-56-58(37-45)66(49-33-43(42-20-14-12-15-21-42)32-47(34-49)61(4,5)6)41-65(56)50-35-48(62(7,8)9)36-52(39-50)68-51-27-28-54-53-24-18-19-25-55(53)67(57(54)40-51)59-38-46(30-31-64-59)63(10,11)44-22-16-13-17-23-44;/h12-38,41H,1-11H3;/q-3;. The van der Waals surface area contributed by atoms with E-state index >= 15 is 0 Å². The number of nitrogens with zero attached hydrogens (tertiary/aromatic N) is 4. The second-order valence-electron chi connectivity index (χ2n) is 22.0. The number of para-hydroxylation sites is 1. The summed E-state index contributed by atoms with van der Waals surface area (Å²) >= 11 is 0. The van der Waals surface area contributed by atoms with Crippen LogP contribution in [0.2, 0.25) is 0 Å². The number of hydrogen-bond donors (Lipinski definition) is 0. The number of aromatic nitrogens is 2. The summed E-state index contributed by atoms with van der Waals surface area (Å²) in [6.45, 7) is 27.2. The van der Waals surface area contributed by atoms with Gasteiger partial charge in [0, 0.05) is 66.8 Å². The summed E-state index contributed by atoms with van der Waals surface area (Å²) < 4.78 is 9.15. The summed E-state index contributed by atoms with van der Waals surface area (Å²) in [6.07, 6.45) is 1.92. The summed E-state index contributed by atoms with van der Waals surface area (Å²) in [5.41, 5.74) is 14.1. The SMILES string of the molecule is CC(C)(C)c1cc(Oc2[c-]c3c(cc2)c2ccccc2n3-c2cc(C(C)(C)c3ccccc3)ccn2)[c-]c(N2[CH-]N(c3cc(-c4ccccc4)cc(C(C)(C)C)c3)c3cc(C(C)(C)C)ccc32)c1.[Pt]. The van der Waals surface area contributed by atoms with Crippen molar-refractivity contribution < 1.29 is 25.8 Å². The summed E-state index contributed by atoms with van der Waals surface area (Å²) in [7, 11) is 0. The molecule has 5 nitrogen and oxygen atoms in total. The minimum atomic E-state index is -0.234. The molecule has 0 saturated carbocycles. The molecule has 0 bridgehead atoms. The summed E-state index contributed by atoms with van der Waals surface area (Å²) in [4.78, 5) is 9.61. The molecule has 0 N–H and O–H groups in total. The smallest absolute Gasteiger partial charge is 0.135 e. The monoisotopic (exact) mass is 1080 g/mol. The van der Waals surface area contributed by atoms with Gasteiger partial charge in [0.05, 0.1) is 0 Å². The molecule has 0 radical (unpaired) electrons. The van der Waals surface area contributed by atoms with Crippen LogP contribution in [0.4, 0.5) is 22.7 Å². The van der Waals surface area contributed by atoms with E-state index in [0.29, 0.717) is 11.5 Å². The van der Waals surface area contributed by atoms with Crippen LogP contribution >= 0.6 is 0 Å². The molecule has 10 rings (SSSR count). The van der Waals surface area contributed by atoms with E-state index in [4.69, 9.17) is 9.72 Å². The van der Waals surface area contributed by atoms with Crippen molar-refractivity contribution in [2.75, 3.05) is 9.80 Å². The van der Waals surface area contributed by atoms with Gasteiger partial charge in [-0.1, -0.05) is 173 Å². The van der Waals surface area contributed by atoms with Crippen molar-refractivity contribution in [1.82, 2.24) is 9.55 Å². The molecule has 0 amide bonds. The largest absolute Gasteiger partial charge is 0.509 e. The molecular formula is C63H61N4OPt-3. The maximum absolute atomic E-state index is 6.93. The van der Waals surface area contributed by atoms with Crippen LogP contribution in [0.1, 0.15) is 104 Å². The van der Waals surface area contributed by atoms with Gasteiger partial charge in [0.15, 0.2) is 0 Å². The van der Waals surface area contributed by atoms with Crippen LogP contribution in [-0.2, 0) is 42.7 Å². The Kier molecular flexibility index (Phi) is 12.3. The third-order valence-electron chi connectivity index (χ3n) is 13.7. The molecule has 9 aromatic rings. The van der Waals surface area contributed by atoms with E-state index in [0.717, 1.165) is 55.9 Å². The van der Waals surface area contributed by atoms with Crippen LogP contribution in [0.15, 0.2) is 164 Å². The first-order valence-corrected chi connectivity index (χ1v) is 23.9. The molecule has 2 aromatic heterocycles. The van der Waals surface area contributed by atoms with Crippen LogP contribution in [0, 0.1) is 18.8 Å². The molecule has 0 aliphatic carbocycles. The van der Waals surface area contributed by atoms with Crippen LogP contribution < -0.4 is 14.5 Å². The van der Waals surface area contributed by atoms with Gasteiger partial charge in [-0.2, -0.15) is 6.07 Å². The van der Waals surface area contributed by atoms with Gasteiger partial charge in [-0.3, -0.25) is 0 Å². The van der Waals surface area contributed by atoms with E-state index < -0.39 is 0 Å². The predicted octanol–water partition coefficient (Wildman–Crippen LogP) is 16.9. The Morgan fingerprint density at radius 3 is 1.86 bits per heavy atom. The molecule has 0 fully saturated rings. The van der Waals surface area contributed by atoms with E-state index in [1.165, 1.54) is 33.4 Å². The Labute approximate surface area is 424 Å². The molecule has 352 valence electrons. The zero-order valence-corrected chi connectivity index (χ0v) is 44.0. The third-order valence-corrected chi connectivity index (χ3v) is 13.7. The van der Waals surface area contributed by atoms with E-state index in [-0.39, 0.29) is 42.7 Å². The first-order valence-electron chi connectivity index (χ1n) is 23.9. The first-order chi connectivity index (χ1) is 32.3. The Bertz CT molecular complexity index is 3330. The molecule has 0 spiro atoms. The quantitative estimate of drug-likeness (QED) is 0.142. The average molecular weight is 1090 g/mol. The molecule has 0 unspecified atom stereocenters. The Hall–Kier alpha value is -6.42. The number of hydrogen-bond acceptors (Lipinski definition) is 4. The minimum absolute atomic E-state index is 0. The Balaban J connectivity index is 0.00000593. The maximum atomic E-state index is 6.93. The van der Waals surface area contributed by atoms with Crippen molar-refractivity contribution in [3.8, 4) is 28.4 Å². The second kappa shape index (κ2) is 17.8. The zero-order chi connectivity index (χ0) is 47.8. The van der Waals surface area contributed by atoms with Crippen LogP contribution in [0.5, 0.6) is 11.5 Å². The zero-order valence-electron chi connectivity index (χ0n) is 41.7. The molecule has 69 heavy (non-hydrogen) atoms. The van der Waals surface area contributed by atoms with Gasteiger partial charge in [0.25, 0.3) is 0 Å². The van der Waals surface area contributed by atoms with Crippen molar-refractivity contribution in [1.29, 1.82) is 0 Å². The fourth-order valence-electron chi connectivity index (χ4n) is 9.39. The Morgan fingerprint density at radius 2 is 1.14 bits per heavy atom. The number of anilines is 4. The van der Waals surface area contributed by atoms with E-state index in [2.05, 4.69) is 261 Å². The fourth-order valence-corrected chi connectivity index (χ4v) is 9.39. The van der Waals surface area contributed by atoms with Gasteiger partial charge in [-0.25, -0.2) is 4.98 Å². The van der Waals surface area contributed by atoms with Crippen LogP contribution in [-0.4, -0.2) is 9.55 Å². The van der Waals surface area contributed by atoms with Gasteiger partial charge < -0.3 is 19.1 Å². The maximum Gasteiger partial charge on any atom is 0.135 e. The van der Waals surface area contributed by atoms with Gasteiger partial charge in [0.1, 0.15) is 5.82 Å². The number of rotatable bonds is 8. The van der Waals surface area contributed by atoms with Crippen molar-refractivity contribution in [2.24, 2.45) is 0 Å². The van der Waals surface area contributed by atoms with Crippen molar-refractivity contribution >= 4 is 44.6 Å². The predicted molar refractivity (Wildman–Crippen MR) is 284 cm³/mol. The van der Waals surface area contributed by atoms with Crippen molar-refractivity contribution in [3.63, 3.8) is 0 Å². The molecule has 1 aliphatic heterocycles. The molecule has 6 heteroatoms. The average Bonchev–Trinajstić information content (AvgIpc) is 3.87. The molecule has 0 saturated heterocycles. The fraction of sp³-hybridized carbons (Fsp3) is 0.238. The summed E-state index contributed by atoms with van der Waals surface area (Å²) in [5.74, 6) is 2.06. The normalized spacial score (nSPS) is 13.2. The third kappa shape index (κ3) is 9.15. The number of fused-ring (bicyclic) bond motifs is 4. The van der Waals surface area contributed by atoms with Gasteiger partial charge >= 0.3 is 0 Å². The molecule has 3 heterocycles. The van der Waals surface area contributed by atoms with Gasteiger partial charge in [0.2, 0.25) is 0 Å². The number of pyridine rings is 1. The minimum Gasteiger partial charge on any atom is -0.509 e.